The van der Waals surface area contributed by atoms with Gasteiger partial charge in [-0.3, -0.25) is 0 Å². The van der Waals surface area contributed by atoms with Crippen LogP contribution in [0.2, 0.25) is 0 Å². The zero-order valence-electron chi connectivity index (χ0n) is 12.5. The SMILES string of the molecule is CNC(c1cccc(Br)c1)C1CC(C)(C)OC1(C)C. The number of ether oxygens (including phenoxy) is 1. The summed E-state index contributed by atoms with van der Waals surface area (Å²) in [5.74, 6) is 0.460. The molecule has 0 aromatic heterocycles. The lowest BCUT2D eigenvalue weighted by Gasteiger charge is -2.33. The minimum atomic E-state index is -0.112. The van der Waals surface area contributed by atoms with Gasteiger partial charge in [0.05, 0.1) is 11.2 Å². The van der Waals surface area contributed by atoms with Crippen molar-refractivity contribution < 1.29 is 4.74 Å². The van der Waals surface area contributed by atoms with Gasteiger partial charge >= 0.3 is 0 Å². The van der Waals surface area contributed by atoms with Gasteiger partial charge in [0.1, 0.15) is 0 Å². The minimum Gasteiger partial charge on any atom is -0.369 e. The molecule has 0 spiro atoms. The first-order valence-electron chi connectivity index (χ1n) is 6.88. The zero-order valence-corrected chi connectivity index (χ0v) is 14.0. The summed E-state index contributed by atoms with van der Waals surface area (Å²) in [6, 6.07) is 8.86. The maximum Gasteiger partial charge on any atom is 0.0681 e. The van der Waals surface area contributed by atoms with E-state index in [2.05, 4.69) is 73.2 Å². The third-order valence-corrected chi connectivity index (χ3v) is 4.56. The standard InChI is InChI=1S/C16H24BrNO/c1-15(2)10-13(16(3,4)19-15)14(18-5)11-7-6-8-12(17)9-11/h6-9,13-14,18H,10H2,1-5H3. The molecule has 0 aliphatic carbocycles. The minimum absolute atomic E-state index is 0.0464. The smallest absolute Gasteiger partial charge is 0.0681 e. The lowest BCUT2D eigenvalue weighted by Crippen LogP contribution is -2.37. The molecule has 0 amide bonds. The molecule has 3 heteroatoms. The Bertz CT molecular complexity index is 456. The van der Waals surface area contributed by atoms with Gasteiger partial charge in [0.25, 0.3) is 0 Å². The first-order chi connectivity index (χ1) is 8.75. The number of hydrogen-bond donors (Lipinski definition) is 1. The molecule has 19 heavy (non-hydrogen) atoms. The maximum atomic E-state index is 6.23. The van der Waals surface area contributed by atoms with Crippen molar-refractivity contribution in [2.45, 2.75) is 51.4 Å². The normalized spacial score (nSPS) is 26.3. The van der Waals surface area contributed by atoms with E-state index >= 15 is 0 Å². The van der Waals surface area contributed by atoms with Crippen molar-refractivity contribution in [1.29, 1.82) is 0 Å². The van der Waals surface area contributed by atoms with Crippen LogP contribution >= 0.6 is 15.9 Å². The van der Waals surface area contributed by atoms with E-state index in [1.54, 1.807) is 0 Å². The second kappa shape index (κ2) is 5.19. The molecule has 0 radical (unpaired) electrons. The Kier molecular flexibility index (Phi) is 4.10. The fourth-order valence-electron chi connectivity index (χ4n) is 3.42. The van der Waals surface area contributed by atoms with Crippen molar-refractivity contribution in [2.75, 3.05) is 7.05 Å². The van der Waals surface area contributed by atoms with E-state index in [1.807, 2.05) is 7.05 Å². The molecule has 1 saturated heterocycles. The van der Waals surface area contributed by atoms with Gasteiger partial charge in [-0.1, -0.05) is 28.1 Å². The highest BCUT2D eigenvalue weighted by molar-refractivity contribution is 9.10. The third-order valence-electron chi connectivity index (χ3n) is 4.06. The van der Waals surface area contributed by atoms with E-state index in [0.717, 1.165) is 10.9 Å². The molecule has 1 N–H and O–H groups in total. The molecule has 1 heterocycles. The van der Waals surface area contributed by atoms with Crippen molar-refractivity contribution >= 4 is 15.9 Å². The average Bonchev–Trinajstić information content (AvgIpc) is 2.48. The number of hydrogen-bond acceptors (Lipinski definition) is 2. The summed E-state index contributed by atoms with van der Waals surface area (Å²) >= 11 is 3.56. The van der Waals surface area contributed by atoms with Gasteiger partial charge in [-0.05, 0) is 58.9 Å². The molecule has 2 rings (SSSR count). The van der Waals surface area contributed by atoms with Crippen LogP contribution < -0.4 is 5.32 Å². The molecular weight excluding hydrogens is 302 g/mol. The fourth-order valence-corrected chi connectivity index (χ4v) is 3.84. The molecule has 2 nitrogen and oxygen atoms in total. The molecular formula is C16H24BrNO. The van der Waals surface area contributed by atoms with Crippen LogP contribution in [0.25, 0.3) is 0 Å². The van der Waals surface area contributed by atoms with Crippen molar-refractivity contribution in [2.24, 2.45) is 5.92 Å². The molecule has 1 aliphatic heterocycles. The van der Waals surface area contributed by atoms with E-state index in [9.17, 15) is 0 Å². The number of halogens is 1. The molecule has 106 valence electrons. The second-order valence-corrected chi connectivity index (χ2v) is 7.51. The molecule has 1 fully saturated rings. The molecule has 1 aliphatic rings. The summed E-state index contributed by atoms with van der Waals surface area (Å²) in [4.78, 5) is 0. The molecule has 0 bridgehead atoms. The van der Waals surface area contributed by atoms with Crippen molar-refractivity contribution in [3.05, 3.63) is 34.3 Å². The summed E-state index contributed by atoms with van der Waals surface area (Å²) in [6.07, 6.45) is 1.07. The molecule has 1 aromatic carbocycles. The van der Waals surface area contributed by atoms with Crippen LogP contribution in [0.1, 0.15) is 45.7 Å². The maximum absolute atomic E-state index is 6.23. The Morgan fingerprint density at radius 1 is 1.32 bits per heavy atom. The molecule has 2 atom stereocenters. The number of nitrogens with one attached hydrogen (secondary N) is 1. The molecule has 2 unspecified atom stereocenters. The lowest BCUT2D eigenvalue weighted by molar-refractivity contribution is -0.0776. The van der Waals surface area contributed by atoms with Crippen LogP contribution in [0, 0.1) is 5.92 Å². The summed E-state index contributed by atoms with van der Waals surface area (Å²) in [5.41, 5.74) is 1.16. The van der Waals surface area contributed by atoms with Crippen LogP contribution in [0.5, 0.6) is 0 Å². The van der Waals surface area contributed by atoms with E-state index in [1.165, 1.54) is 5.56 Å². The van der Waals surface area contributed by atoms with Crippen molar-refractivity contribution in [1.82, 2.24) is 5.32 Å². The van der Waals surface area contributed by atoms with Gasteiger partial charge < -0.3 is 10.1 Å². The van der Waals surface area contributed by atoms with E-state index < -0.39 is 0 Å². The molecule has 0 saturated carbocycles. The largest absolute Gasteiger partial charge is 0.369 e. The Labute approximate surface area is 125 Å². The summed E-state index contributed by atoms with van der Waals surface area (Å²) < 4.78 is 7.36. The van der Waals surface area contributed by atoms with Crippen LogP contribution in [0.15, 0.2) is 28.7 Å². The van der Waals surface area contributed by atoms with E-state index in [4.69, 9.17) is 4.74 Å². The van der Waals surface area contributed by atoms with Gasteiger partial charge in [0.2, 0.25) is 0 Å². The van der Waals surface area contributed by atoms with E-state index in [-0.39, 0.29) is 11.2 Å². The first kappa shape index (κ1) is 15.0. The van der Waals surface area contributed by atoms with Crippen LogP contribution in [-0.4, -0.2) is 18.2 Å². The average molecular weight is 326 g/mol. The predicted octanol–water partition coefficient (Wildman–Crippen LogP) is 4.30. The Balaban J connectivity index is 2.32. The zero-order chi connectivity index (χ0) is 14.3. The highest BCUT2D eigenvalue weighted by Crippen LogP contribution is 2.47. The summed E-state index contributed by atoms with van der Waals surface area (Å²) in [7, 11) is 2.03. The third kappa shape index (κ3) is 3.21. The summed E-state index contributed by atoms with van der Waals surface area (Å²) in [5, 5.41) is 3.48. The Hall–Kier alpha value is -0.380. The highest BCUT2D eigenvalue weighted by Gasteiger charge is 2.49. The van der Waals surface area contributed by atoms with Crippen LogP contribution in [-0.2, 0) is 4.74 Å². The summed E-state index contributed by atoms with van der Waals surface area (Å²) in [6.45, 7) is 8.77. The number of benzene rings is 1. The monoisotopic (exact) mass is 325 g/mol. The Morgan fingerprint density at radius 3 is 2.47 bits per heavy atom. The molecule has 1 aromatic rings. The highest BCUT2D eigenvalue weighted by atomic mass is 79.9. The van der Waals surface area contributed by atoms with Crippen LogP contribution in [0.4, 0.5) is 0 Å². The topological polar surface area (TPSA) is 21.3 Å². The van der Waals surface area contributed by atoms with Gasteiger partial charge in [-0.15, -0.1) is 0 Å². The lowest BCUT2D eigenvalue weighted by atomic mass is 9.79. The fraction of sp³-hybridized carbons (Fsp3) is 0.625. The predicted molar refractivity (Wildman–Crippen MR) is 83.3 cm³/mol. The quantitative estimate of drug-likeness (QED) is 0.894. The van der Waals surface area contributed by atoms with Gasteiger partial charge in [0, 0.05) is 16.4 Å². The van der Waals surface area contributed by atoms with Gasteiger partial charge in [-0.25, -0.2) is 0 Å². The van der Waals surface area contributed by atoms with E-state index in [0.29, 0.717) is 12.0 Å². The van der Waals surface area contributed by atoms with Crippen molar-refractivity contribution in [3.63, 3.8) is 0 Å². The van der Waals surface area contributed by atoms with Gasteiger partial charge in [-0.2, -0.15) is 0 Å². The second-order valence-electron chi connectivity index (χ2n) is 6.60. The Morgan fingerprint density at radius 2 is 2.00 bits per heavy atom. The van der Waals surface area contributed by atoms with Crippen molar-refractivity contribution in [3.8, 4) is 0 Å². The number of rotatable bonds is 3. The van der Waals surface area contributed by atoms with Crippen LogP contribution in [0.3, 0.4) is 0 Å². The van der Waals surface area contributed by atoms with Gasteiger partial charge in [0.15, 0.2) is 0 Å². The first-order valence-corrected chi connectivity index (χ1v) is 7.67.